The van der Waals surface area contributed by atoms with Crippen molar-refractivity contribution >= 4 is 11.9 Å². The van der Waals surface area contributed by atoms with Gasteiger partial charge in [-0.2, -0.15) is 0 Å². The number of methoxy groups -OCH3 is 2. The minimum absolute atomic E-state index is 0.129. The summed E-state index contributed by atoms with van der Waals surface area (Å²) in [6.07, 6.45) is 17.5. The van der Waals surface area contributed by atoms with Crippen molar-refractivity contribution in [2.75, 3.05) is 14.2 Å². The van der Waals surface area contributed by atoms with Gasteiger partial charge in [0.15, 0.2) is 0 Å². The second-order valence-corrected chi connectivity index (χ2v) is 16.9. The normalized spacial score (nSPS) is 50.5. The molecular weight excluding hydrogens is 552 g/mol. The third kappa shape index (κ3) is 3.25. The lowest BCUT2D eigenvalue weighted by Gasteiger charge is -2.50. The third-order valence-electron chi connectivity index (χ3n) is 15.1. The molecule has 6 heteroatoms. The minimum Gasteiger partial charge on any atom is -0.468 e. The summed E-state index contributed by atoms with van der Waals surface area (Å²) in [6, 6.07) is 0. The molecule has 0 aromatic carbocycles. The van der Waals surface area contributed by atoms with Gasteiger partial charge in [-0.05, 0) is 96.0 Å². The highest BCUT2D eigenvalue weighted by Crippen LogP contribution is 2.76. The molecule has 240 valence electrons. The van der Waals surface area contributed by atoms with Gasteiger partial charge in [0.25, 0.3) is 0 Å². The van der Waals surface area contributed by atoms with E-state index in [4.69, 9.17) is 9.47 Å². The molecular formula is C38H52O6. The highest BCUT2D eigenvalue weighted by atomic mass is 16.5. The Hall–Kier alpha value is -2.18. The molecule has 0 saturated heterocycles. The average molecular weight is 605 g/mol. The predicted octanol–water partition coefficient (Wildman–Crippen LogP) is 6.19. The summed E-state index contributed by atoms with van der Waals surface area (Å²) in [7, 11) is 2.91. The Morgan fingerprint density at radius 3 is 1.39 bits per heavy atom. The van der Waals surface area contributed by atoms with Crippen molar-refractivity contribution < 1.29 is 29.3 Å². The van der Waals surface area contributed by atoms with Gasteiger partial charge in [-0.15, -0.1) is 0 Å². The fourth-order valence-corrected chi connectivity index (χ4v) is 12.6. The van der Waals surface area contributed by atoms with Crippen molar-refractivity contribution in [2.24, 2.45) is 69.0 Å². The zero-order valence-corrected chi connectivity index (χ0v) is 27.9. The number of allylic oxidation sites excluding steroid dienone is 4. The molecule has 0 aromatic heterocycles. The van der Waals surface area contributed by atoms with Gasteiger partial charge in [0.05, 0.1) is 14.2 Å². The maximum absolute atomic E-state index is 12.8. The van der Waals surface area contributed by atoms with Crippen LogP contribution in [-0.2, 0) is 19.1 Å². The number of carbonyl (C=O) groups is 2. The van der Waals surface area contributed by atoms with Crippen molar-refractivity contribution in [3.8, 4) is 0 Å². The smallest absolute Gasteiger partial charge is 0.315 e. The average Bonchev–Trinajstić information content (AvgIpc) is 3.57. The van der Waals surface area contributed by atoms with E-state index in [0.29, 0.717) is 36.5 Å². The molecule has 0 unspecified atom stereocenters. The second-order valence-electron chi connectivity index (χ2n) is 16.9. The largest absolute Gasteiger partial charge is 0.468 e. The molecule has 0 aliphatic heterocycles. The van der Waals surface area contributed by atoms with Crippen LogP contribution in [0.5, 0.6) is 0 Å². The molecule has 0 aromatic rings. The van der Waals surface area contributed by atoms with Gasteiger partial charge in [0, 0.05) is 11.8 Å². The number of hydrogen-bond donors (Lipinski definition) is 2. The molecule has 12 atom stereocenters. The van der Waals surface area contributed by atoms with Crippen LogP contribution < -0.4 is 0 Å². The van der Waals surface area contributed by atoms with Crippen LogP contribution in [0.25, 0.3) is 0 Å². The molecule has 0 heterocycles. The number of hydrogen-bond acceptors (Lipinski definition) is 6. The van der Waals surface area contributed by atoms with Crippen LogP contribution in [0.3, 0.4) is 0 Å². The molecule has 44 heavy (non-hydrogen) atoms. The molecule has 2 N–H and O–H groups in total. The Balaban J connectivity index is 0.000000142. The SMILES string of the molecule is COC(=O)[C@]12CC=C3C=CC[C@@H]([C@H]4[C@@H](C[C@H]1C)C4(C)C)[C@@]32O.COC(=O)[C@]12CC=C3C=CC[C@@H]([C@H]4[C@@H](C[C@H]1C)C4(C)C)[C@@]32O. The zero-order chi connectivity index (χ0) is 31.8. The number of fused-ring (bicyclic) bond motifs is 4. The van der Waals surface area contributed by atoms with Crippen molar-refractivity contribution in [3.63, 3.8) is 0 Å². The Morgan fingerprint density at radius 2 is 1.05 bits per heavy atom. The van der Waals surface area contributed by atoms with E-state index in [0.717, 1.165) is 36.8 Å². The van der Waals surface area contributed by atoms with Crippen LogP contribution in [0, 0.1) is 69.0 Å². The van der Waals surface area contributed by atoms with Gasteiger partial charge in [-0.3, -0.25) is 9.59 Å². The Labute approximate surface area is 263 Å². The molecule has 8 aliphatic rings. The molecule has 4 fully saturated rings. The van der Waals surface area contributed by atoms with Gasteiger partial charge in [-0.25, -0.2) is 0 Å². The molecule has 0 bridgehead atoms. The van der Waals surface area contributed by atoms with Crippen LogP contribution in [-0.4, -0.2) is 47.6 Å². The molecule has 0 amide bonds. The number of aliphatic hydroxyl groups is 2. The summed E-state index contributed by atoms with van der Waals surface area (Å²) < 4.78 is 10.4. The number of ether oxygens (including phenoxy) is 2. The van der Waals surface area contributed by atoms with Crippen molar-refractivity contribution in [1.29, 1.82) is 0 Å². The highest BCUT2D eigenvalue weighted by molar-refractivity contribution is 5.83. The molecule has 6 nitrogen and oxygen atoms in total. The van der Waals surface area contributed by atoms with E-state index < -0.39 is 22.0 Å². The van der Waals surface area contributed by atoms with Gasteiger partial charge in [0.1, 0.15) is 22.0 Å². The van der Waals surface area contributed by atoms with Crippen LogP contribution in [0.1, 0.15) is 80.1 Å². The maximum Gasteiger partial charge on any atom is 0.315 e. The molecule has 8 aliphatic carbocycles. The van der Waals surface area contributed by atoms with E-state index >= 15 is 0 Å². The molecule has 0 radical (unpaired) electrons. The van der Waals surface area contributed by atoms with E-state index in [2.05, 4.69) is 65.8 Å². The summed E-state index contributed by atoms with van der Waals surface area (Å²) in [4.78, 5) is 25.6. The highest BCUT2D eigenvalue weighted by Gasteiger charge is 2.77. The number of rotatable bonds is 2. The second kappa shape index (κ2) is 9.21. The third-order valence-corrected chi connectivity index (χ3v) is 15.1. The van der Waals surface area contributed by atoms with Gasteiger partial charge >= 0.3 is 11.9 Å². The topological polar surface area (TPSA) is 93.1 Å². The molecule has 4 saturated carbocycles. The molecule has 0 spiro atoms. The van der Waals surface area contributed by atoms with E-state index in [1.807, 2.05) is 12.2 Å². The van der Waals surface area contributed by atoms with E-state index in [-0.39, 0.29) is 46.4 Å². The number of carbonyl (C=O) groups excluding carboxylic acids is 2. The standard InChI is InChI=1S/2C19H26O3/c2*1-11-10-14-15(17(14,2)3)13-7-5-6-12-8-9-18(11,16(20)22-4)19(12,13)21/h2*5-6,8,11,13-15,21H,7,9-10H2,1-4H3/t2*11-,13+,14-,15+,18+,19+/m11/s1. The Kier molecular flexibility index (Phi) is 6.38. The monoisotopic (exact) mass is 604 g/mol. The Bertz CT molecular complexity index is 1310. The first kappa shape index (κ1) is 30.5. The lowest BCUT2D eigenvalue weighted by molar-refractivity contribution is -0.182. The quantitative estimate of drug-likeness (QED) is 0.365. The Morgan fingerprint density at radius 1 is 0.682 bits per heavy atom. The first-order chi connectivity index (χ1) is 20.6. The lowest BCUT2D eigenvalue weighted by atomic mass is 9.56. The van der Waals surface area contributed by atoms with Crippen LogP contribution >= 0.6 is 0 Å². The number of esters is 2. The van der Waals surface area contributed by atoms with Gasteiger partial charge in [-0.1, -0.05) is 78.0 Å². The van der Waals surface area contributed by atoms with Gasteiger partial charge < -0.3 is 19.7 Å². The summed E-state index contributed by atoms with van der Waals surface area (Å²) >= 11 is 0. The van der Waals surface area contributed by atoms with Crippen molar-refractivity contribution in [2.45, 2.75) is 91.3 Å². The van der Waals surface area contributed by atoms with Crippen LogP contribution in [0.2, 0.25) is 0 Å². The molecule has 8 rings (SSSR count). The van der Waals surface area contributed by atoms with Crippen LogP contribution in [0.4, 0.5) is 0 Å². The summed E-state index contributed by atoms with van der Waals surface area (Å²) in [6.45, 7) is 13.6. The fraction of sp³-hybridized carbons (Fsp3) is 0.737. The van der Waals surface area contributed by atoms with E-state index in [1.54, 1.807) is 0 Å². The lowest BCUT2D eigenvalue weighted by Crippen LogP contribution is -2.60. The first-order valence-electron chi connectivity index (χ1n) is 17.0. The zero-order valence-electron chi connectivity index (χ0n) is 27.9. The van der Waals surface area contributed by atoms with Crippen molar-refractivity contribution in [3.05, 3.63) is 47.6 Å². The minimum atomic E-state index is -1.05. The summed E-state index contributed by atoms with van der Waals surface area (Å²) in [5, 5.41) is 23.8. The fourth-order valence-electron chi connectivity index (χ4n) is 12.6. The predicted molar refractivity (Wildman–Crippen MR) is 168 cm³/mol. The summed E-state index contributed by atoms with van der Waals surface area (Å²) in [5.41, 5.74) is -1.26. The van der Waals surface area contributed by atoms with Crippen molar-refractivity contribution in [1.82, 2.24) is 0 Å². The first-order valence-corrected chi connectivity index (χ1v) is 17.0. The summed E-state index contributed by atoms with van der Waals surface area (Å²) in [5.74, 6) is 2.28. The van der Waals surface area contributed by atoms with Crippen LogP contribution in [0.15, 0.2) is 47.6 Å². The van der Waals surface area contributed by atoms with Gasteiger partial charge in [0.2, 0.25) is 0 Å². The van der Waals surface area contributed by atoms with E-state index in [9.17, 15) is 19.8 Å². The van der Waals surface area contributed by atoms with E-state index in [1.165, 1.54) is 14.2 Å². The maximum atomic E-state index is 12.8.